The molecule has 26 heavy (non-hydrogen) atoms. The Morgan fingerprint density at radius 1 is 1.27 bits per heavy atom. The Labute approximate surface area is 161 Å². The largest absolute Gasteiger partial charge is 0.496 e. The molecular weight excluding hydrogens is 370 g/mol. The second kappa shape index (κ2) is 8.60. The summed E-state index contributed by atoms with van der Waals surface area (Å²) in [6.45, 7) is 2.10. The third-order valence-corrected chi connectivity index (χ3v) is 6.34. The summed E-state index contributed by atoms with van der Waals surface area (Å²) in [7, 11) is 1.61. The van der Waals surface area contributed by atoms with E-state index in [4.69, 9.17) is 9.47 Å². The van der Waals surface area contributed by atoms with Gasteiger partial charge in [-0.15, -0.1) is 23.1 Å². The number of amides is 1. The zero-order valence-corrected chi connectivity index (χ0v) is 16.4. The zero-order valence-electron chi connectivity index (χ0n) is 14.8. The molecule has 0 saturated carbocycles. The first-order valence-corrected chi connectivity index (χ1v) is 10.3. The number of para-hydroxylation sites is 1. The molecular formula is C19H21NO4S2. The number of thiophene rings is 1. The first-order chi connectivity index (χ1) is 12.6. The van der Waals surface area contributed by atoms with Gasteiger partial charge in [0.1, 0.15) is 10.8 Å². The molecule has 0 unspecified atom stereocenters. The van der Waals surface area contributed by atoms with Gasteiger partial charge in [-0.05, 0) is 43.9 Å². The van der Waals surface area contributed by atoms with Crippen LogP contribution in [0.2, 0.25) is 0 Å². The monoisotopic (exact) mass is 391 g/mol. The van der Waals surface area contributed by atoms with Gasteiger partial charge >= 0.3 is 5.97 Å². The third kappa shape index (κ3) is 4.04. The fraction of sp³-hybridized carbons (Fsp3) is 0.368. The van der Waals surface area contributed by atoms with Crippen molar-refractivity contribution >= 4 is 40.0 Å². The number of carbonyl (C=O) groups excluding carboxylic acids is 2. The number of nitrogens with one attached hydrogen (secondary N) is 1. The normalized spacial score (nSPS) is 12.5. The van der Waals surface area contributed by atoms with Crippen molar-refractivity contribution < 1.29 is 19.1 Å². The summed E-state index contributed by atoms with van der Waals surface area (Å²) >= 11 is 2.90. The van der Waals surface area contributed by atoms with E-state index in [0.29, 0.717) is 17.2 Å². The number of thioether (sulfide) groups is 1. The number of rotatable bonds is 7. The second-order valence-corrected chi connectivity index (χ2v) is 7.89. The number of carbonyl (C=O) groups is 2. The van der Waals surface area contributed by atoms with Gasteiger partial charge in [-0.1, -0.05) is 12.1 Å². The fourth-order valence-corrected chi connectivity index (χ4v) is 5.08. The molecule has 1 amide bonds. The summed E-state index contributed by atoms with van der Waals surface area (Å²) in [5.74, 6) is 0.490. The van der Waals surface area contributed by atoms with E-state index in [1.54, 1.807) is 14.0 Å². The lowest BCUT2D eigenvalue weighted by Crippen LogP contribution is -2.16. The van der Waals surface area contributed by atoms with E-state index in [0.717, 1.165) is 35.5 Å². The minimum atomic E-state index is -0.348. The van der Waals surface area contributed by atoms with Crippen LogP contribution in [0.4, 0.5) is 5.00 Å². The number of fused-ring (bicyclic) bond motifs is 1. The van der Waals surface area contributed by atoms with Crippen molar-refractivity contribution in [2.45, 2.75) is 31.1 Å². The first-order valence-electron chi connectivity index (χ1n) is 8.51. The van der Waals surface area contributed by atoms with Crippen molar-refractivity contribution in [3.63, 3.8) is 0 Å². The lowest BCUT2D eigenvalue weighted by Gasteiger charge is -2.09. The molecule has 0 spiro atoms. The Morgan fingerprint density at radius 2 is 2.08 bits per heavy atom. The van der Waals surface area contributed by atoms with Crippen LogP contribution in [0.15, 0.2) is 29.2 Å². The van der Waals surface area contributed by atoms with E-state index in [-0.39, 0.29) is 17.6 Å². The van der Waals surface area contributed by atoms with Crippen molar-refractivity contribution in [2.24, 2.45) is 0 Å². The fourth-order valence-electron chi connectivity index (χ4n) is 2.96. The number of anilines is 1. The molecule has 3 rings (SSSR count). The zero-order chi connectivity index (χ0) is 18.5. The van der Waals surface area contributed by atoms with Crippen LogP contribution in [0, 0.1) is 0 Å². The molecule has 1 aromatic carbocycles. The molecule has 2 aromatic rings. The van der Waals surface area contributed by atoms with E-state index in [1.165, 1.54) is 28.0 Å². The van der Waals surface area contributed by atoms with Gasteiger partial charge in [0.15, 0.2) is 0 Å². The minimum absolute atomic E-state index is 0.147. The standard InChI is InChI=1S/C19H21NO4S2/c1-3-24-19(22)17-12-7-6-10-14(12)26-18(17)20-16(21)11-25-15-9-5-4-8-13(15)23-2/h4-5,8-9H,3,6-7,10-11H2,1-2H3,(H,20,21). The van der Waals surface area contributed by atoms with Gasteiger partial charge in [-0.3, -0.25) is 4.79 Å². The highest BCUT2D eigenvalue weighted by molar-refractivity contribution is 8.00. The maximum Gasteiger partial charge on any atom is 0.341 e. The smallest absolute Gasteiger partial charge is 0.341 e. The lowest BCUT2D eigenvalue weighted by molar-refractivity contribution is -0.113. The summed E-state index contributed by atoms with van der Waals surface area (Å²) < 4.78 is 10.5. The van der Waals surface area contributed by atoms with E-state index in [1.807, 2.05) is 24.3 Å². The predicted octanol–water partition coefficient (Wildman–Crippen LogP) is 4.15. The molecule has 1 aromatic heterocycles. The van der Waals surface area contributed by atoms with Crippen molar-refractivity contribution in [2.75, 3.05) is 24.8 Å². The average molecular weight is 392 g/mol. The molecule has 0 bridgehead atoms. The van der Waals surface area contributed by atoms with Crippen molar-refractivity contribution in [1.29, 1.82) is 0 Å². The second-order valence-electron chi connectivity index (χ2n) is 5.77. The third-order valence-electron chi connectivity index (χ3n) is 4.08. The van der Waals surface area contributed by atoms with Crippen LogP contribution in [-0.4, -0.2) is 31.3 Å². The number of benzene rings is 1. The summed E-state index contributed by atoms with van der Waals surface area (Å²) in [6.07, 6.45) is 2.87. The number of ether oxygens (including phenoxy) is 2. The molecule has 1 heterocycles. The first kappa shape index (κ1) is 18.8. The Bertz CT molecular complexity index is 816. The van der Waals surface area contributed by atoms with Crippen LogP contribution in [0.5, 0.6) is 5.75 Å². The molecule has 5 nitrogen and oxygen atoms in total. The molecule has 0 atom stereocenters. The Hall–Kier alpha value is -1.99. The average Bonchev–Trinajstić information content (AvgIpc) is 3.21. The molecule has 7 heteroatoms. The number of hydrogen-bond donors (Lipinski definition) is 1. The van der Waals surface area contributed by atoms with Gasteiger partial charge in [-0.2, -0.15) is 0 Å². The van der Waals surface area contributed by atoms with Crippen molar-refractivity contribution in [3.8, 4) is 5.75 Å². The molecule has 1 aliphatic carbocycles. The summed E-state index contributed by atoms with van der Waals surface area (Å²) in [5.41, 5.74) is 1.58. The number of aryl methyl sites for hydroxylation is 1. The molecule has 0 aliphatic heterocycles. The molecule has 0 radical (unpaired) electrons. The maximum atomic E-state index is 12.4. The molecule has 1 aliphatic rings. The Balaban J connectivity index is 1.70. The number of hydrogen-bond acceptors (Lipinski definition) is 6. The van der Waals surface area contributed by atoms with Crippen molar-refractivity contribution in [3.05, 3.63) is 40.3 Å². The quantitative estimate of drug-likeness (QED) is 0.567. The van der Waals surface area contributed by atoms with E-state index >= 15 is 0 Å². The van der Waals surface area contributed by atoms with E-state index in [2.05, 4.69) is 5.32 Å². The van der Waals surface area contributed by atoms with Gasteiger partial charge in [0.25, 0.3) is 0 Å². The van der Waals surface area contributed by atoms with Crippen molar-refractivity contribution in [1.82, 2.24) is 0 Å². The van der Waals surface area contributed by atoms with Crippen LogP contribution in [0.3, 0.4) is 0 Å². The SMILES string of the molecule is CCOC(=O)c1c(NC(=O)CSc2ccccc2OC)sc2c1CCC2. The summed E-state index contributed by atoms with van der Waals surface area (Å²) in [5, 5.41) is 3.51. The van der Waals surface area contributed by atoms with Crippen LogP contribution < -0.4 is 10.1 Å². The Morgan fingerprint density at radius 3 is 2.85 bits per heavy atom. The van der Waals surface area contributed by atoms with E-state index < -0.39 is 0 Å². The number of esters is 1. The highest BCUT2D eigenvalue weighted by Crippen LogP contribution is 2.39. The summed E-state index contributed by atoms with van der Waals surface area (Å²) in [4.78, 5) is 26.9. The highest BCUT2D eigenvalue weighted by atomic mass is 32.2. The molecule has 1 N–H and O–H groups in total. The van der Waals surface area contributed by atoms with Gasteiger partial charge in [0.2, 0.25) is 5.91 Å². The molecule has 0 fully saturated rings. The summed E-state index contributed by atoms with van der Waals surface area (Å²) in [6, 6.07) is 7.58. The number of methoxy groups -OCH3 is 1. The minimum Gasteiger partial charge on any atom is -0.496 e. The molecule has 138 valence electrons. The van der Waals surface area contributed by atoms with E-state index in [9.17, 15) is 9.59 Å². The maximum absolute atomic E-state index is 12.4. The molecule has 0 saturated heterocycles. The lowest BCUT2D eigenvalue weighted by atomic mass is 10.1. The predicted molar refractivity (Wildman–Crippen MR) is 105 cm³/mol. The highest BCUT2D eigenvalue weighted by Gasteiger charge is 2.28. The van der Waals surface area contributed by atoms with Crippen LogP contribution >= 0.6 is 23.1 Å². The van der Waals surface area contributed by atoms with Gasteiger partial charge in [0, 0.05) is 9.77 Å². The topological polar surface area (TPSA) is 64.6 Å². The van der Waals surface area contributed by atoms with Gasteiger partial charge < -0.3 is 14.8 Å². The van der Waals surface area contributed by atoms with Crippen LogP contribution in [-0.2, 0) is 22.4 Å². The van der Waals surface area contributed by atoms with Gasteiger partial charge in [0.05, 0.1) is 25.0 Å². The van der Waals surface area contributed by atoms with Crippen LogP contribution in [0.1, 0.15) is 34.1 Å². The van der Waals surface area contributed by atoms with Gasteiger partial charge in [-0.25, -0.2) is 4.79 Å². The Kier molecular flexibility index (Phi) is 6.21. The van der Waals surface area contributed by atoms with Crippen LogP contribution in [0.25, 0.3) is 0 Å².